The number of nitrogens with two attached hydrogens (primary N) is 1. The molecule has 2 N–H and O–H groups in total. The molecule has 2 rings (SSSR count). The molecule has 17 heavy (non-hydrogen) atoms. The molecule has 88 valence electrons. The largest absolute Gasteiger partial charge is 0.437 e. The highest BCUT2D eigenvalue weighted by molar-refractivity contribution is 7.98. The summed E-state index contributed by atoms with van der Waals surface area (Å²) in [6, 6.07) is 3.19. The van der Waals surface area contributed by atoms with E-state index in [1.54, 1.807) is 18.3 Å². The van der Waals surface area contributed by atoms with Crippen molar-refractivity contribution in [3.05, 3.63) is 29.5 Å². The molecule has 0 saturated heterocycles. The fourth-order valence-corrected chi connectivity index (χ4v) is 1.68. The van der Waals surface area contributed by atoms with E-state index in [0.717, 1.165) is 0 Å². The number of thioether (sulfide) groups is 1. The Kier molecular flexibility index (Phi) is 3.65. The van der Waals surface area contributed by atoms with E-state index in [0.29, 0.717) is 27.6 Å². The molecule has 2 heterocycles. The van der Waals surface area contributed by atoms with Crippen LogP contribution >= 0.6 is 23.4 Å². The Morgan fingerprint density at radius 3 is 2.82 bits per heavy atom. The highest BCUT2D eigenvalue weighted by Crippen LogP contribution is 2.24. The lowest BCUT2D eigenvalue weighted by atomic mass is 10.4. The van der Waals surface area contributed by atoms with Crippen LogP contribution in [0, 0.1) is 0 Å². The average molecular weight is 269 g/mol. The van der Waals surface area contributed by atoms with E-state index in [4.69, 9.17) is 22.1 Å². The van der Waals surface area contributed by atoms with Gasteiger partial charge in [0.2, 0.25) is 5.88 Å². The van der Waals surface area contributed by atoms with Gasteiger partial charge in [-0.05, 0) is 6.26 Å². The number of aromatic nitrogens is 3. The number of nitrogens with zero attached hydrogens (tertiary/aromatic N) is 3. The highest BCUT2D eigenvalue weighted by atomic mass is 35.5. The zero-order valence-corrected chi connectivity index (χ0v) is 10.5. The van der Waals surface area contributed by atoms with E-state index in [9.17, 15) is 0 Å². The Hall–Kier alpha value is -1.53. The minimum absolute atomic E-state index is 0.356. The third-order valence-electron chi connectivity index (χ3n) is 1.79. The number of rotatable bonds is 3. The van der Waals surface area contributed by atoms with Crippen LogP contribution in [0.3, 0.4) is 0 Å². The zero-order chi connectivity index (χ0) is 12.3. The summed E-state index contributed by atoms with van der Waals surface area (Å²) in [4.78, 5) is 12.1. The van der Waals surface area contributed by atoms with Gasteiger partial charge in [0.25, 0.3) is 0 Å². The van der Waals surface area contributed by atoms with Gasteiger partial charge in [-0.1, -0.05) is 23.4 Å². The first-order valence-electron chi connectivity index (χ1n) is 4.64. The molecule has 0 aliphatic heterocycles. The van der Waals surface area contributed by atoms with E-state index in [-0.39, 0.29) is 0 Å². The Labute approximate surface area is 107 Å². The van der Waals surface area contributed by atoms with Crippen LogP contribution in [0.1, 0.15) is 0 Å². The number of pyridine rings is 1. The number of nitrogen functional groups attached to an aromatic ring is 1. The Bertz CT molecular complexity index is 537. The highest BCUT2D eigenvalue weighted by Gasteiger charge is 2.04. The van der Waals surface area contributed by atoms with Crippen LogP contribution in [0.4, 0.5) is 5.82 Å². The SMILES string of the molecule is CSc1nc(N)cc(Oc2cncc(Cl)c2)n1. The van der Waals surface area contributed by atoms with Crippen molar-refractivity contribution in [3.63, 3.8) is 0 Å². The van der Waals surface area contributed by atoms with Gasteiger partial charge in [0.05, 0.1) is 11.2 Å². The molecule has 0 amide bonds. The number of hydrogen-bond donors (Lipinski definition) is 1. The molecule has 0 aliphatic rings. The summed E-state index contributed by atoms with van der Waals surface area (Å²) >= 11 is 7.18. The molecule has 0 aromatic carbocycles. The van der Waals surface area contributed by atoms with Crippen LogP contribution in [0.25, 0.3) is 0 Å². The first-order chi connectivity index (χ1) is 8.17. The van der Waals surface area contributed by atoms with Gasteiger partial charge >= 0.3 is 0 Å². The summed E-state index contributed by atoms with van der Waals surface area (Å²) < 4.78 is 5.49. The van der Waals surface area contributed by atoms with Crippen molar-refractivity contribution in [2.75, 3.05) is 12.0 Å². The van der Waals surface area contributed by atoms with Crippen molar-refractivity contribution in [3.8, 4) is 11.6 Å². The lowest BCUT2D eigenvalue weighted by Crippen LogP contribution is -1.97. The summed E-state index contributed by atoms with van der Waals surface area (Å²) in [6.07, 6.45) is 4.93. The van der Waals surface area contributed by atoms with Gasteiger partial charge in [0, 0.05) is 18.3 Å². The molecule has 0 atom stereocenters. The molecular formula is C10H9ClN4OS. The van der Waals surface area contributed by atoms with Crippen molar-refractivity contribution >= 4 is 29.2 Å². The van der Waals surface area contributed by atoms with E-state index in [1.165, 1.54) is 18.0 Å². The van der Waals surface area contributed by atoms with Gasteiger partial charge in [0.1, 0.15) is 11.6 Å². The smallest absolute Gasteiger partial charge is 0.225 e. The Morgan fingerprint density at radius 2 is 2.12 bits per heavy atom. The summed E-state index contributed by atoms with van der Waals surface area (Å²) in [6.45, 7) is 0. The topological polar surface area (TPSA) is 73.9 Å². The van der Waals surface area contributed by atoms with E-state index in [1.807, 2.05) is 6.26 Å². The van der Waals surface area contributed by atoms with Crippen LogP contribution in [0.2, 0.25) is 5.02 Å². The summed E-state index contributed by atoms with van der Waals surface area (Å²) in [5.41, 5.74) is 5.63. The zero-order valence-electron chi connectivity index (χ0n) is 8.92. The van der Waals surface area contributed by atoms with Crippen LogP contribution in [0.5, 0.6) is 11.6 Å². The molecule has 0 radical (unpaired) electrons. The van der Waals surface area contributed by atoms with Gasteiger partial charge < -0.3 is 10.5 Å². The van der Waals surface area contributed by atoms with Crippen molar-refractivity contribution in [2.24, 2.45) is 0 Å². The fraction of sp³-hybridized carbons (Fsp3) is 0.100. The second kappa shape index (κ2) is 5.20. The van der Waals surface area contributed by atoms with Crippen LogP contribution in [0.15, 0.2) is 29.7 Å². The van der Waals surface area contributed by atoms with Gasteiger partial charge in [0.15, 0.2) is 5.16 Å². The third-order valence-corrected chi connectivity index (χ3v) is 2.54. The van der Waals surface area contributed by atoms with Crippen LogP contribution < -0.4 is 10.5 Å². The Balaban J connectivity index is 2.26. The van der Waals surface area contributed by atoms with Gasteiger partial charge in [-0.25, -0.2) is 4.98 Å². The number of hydrogen-bond acceptors (Lipinski definition) is 6. The van der Waals surface area contributed by atoms with E-state index >= 15 is 0 Å². The molecule has 0 unspecified atom stereocenters. The van der Waals surface area contributed by atoms with Crippen molar-refractivity contribution in [1.29, 1.82) is 0 Å². The van der Waals surface area contributed by atoms with E-state index < -0.39 is 0 Å². The first kappa shape index (κ1) is 11.9. The molecule has 0 saturated carbocycles. The summed E-state index contributed by atoms with van der Waals surface area (Å²) in [5.74, 6) is 1.22. The second-order valence-electron chi connectivity index (χ2n) is 3.06. The van der Waals surface area contributed by atoms with E-state index in [2.05, 4.69) is 15.0 Å². The molecule has 7 heteroatoms. The summed E-state index contributed by atoms with van der Waals surface area (Å²) in [5, 5.41) is 1.05. The molecule has 0 spiro atoms. The van der Waals surface area contributed by atoms with Gasteiger partial charge in [-0.15, -0.1) is 0 Å². The molecule has 2 aromatic heterocycles. The van der Waals surface area contributed by atoms with Crippen molar-refractivity contribution in [2.45, 2.75) is 5.16 Å². The Morgan fingerprint density at radius 1 is 1.29 bits per heavy atom. The lowest BCUT2D eigenvalue weighted by molar-refractivity contribution is 0.454. The van der Waals surface area contributed by atoms with Crippen molar-refractivity contribution < 1.29 is 4.74 Å². The third kappa shape index (κ3) is 3.21. The minimum atomic E-state index is 0.356. The quantitative estimate of drug-likeness (QED) is 0.681. The van der Waals surface area contributed by atoms with Crippen molar-refractivity contribution in [1.82, 2.24) is 15.0 Å². The summed E-state index contributed by atoms with van der Waals surface area (Å²) in [7, 11) is 0. The minimum Gasteiger partial charge on any atom is -0.437 e. The maximum Gasteiger partial charge on any atom is 0.225 e. The molecule has 5 nitrogen and oxygen atoms in total. The average Bonchev–Trinajstić information content (AvgIpc) is 2.28. The standard InChI is InChI=1S/C10H9ClN4OS/c1-17-10-14-8(12)3-9(15-10)16-7-2-6(11)4-13-5-7/h2-5H,1H3,(H2,12,14,15). The second-order valence-corrected chi connectivity index (χ2v) is 4.27. The predicted octanol–water partition coefficient (Wildman–Crippen LogP) is 2.62. The lowest BCUT2D eigenvalue weighted by Gasteiger charge is -2.06. The van der Waals surface area contributed by atoms with Gasteiger partial charge in [-0.2, -0.15) is 4.98 Å². The number of halogens is 1. The molecule has 0 bridgehead atoms. The molecule has 0 fully saturated rings. The molecular weight excluding hydrogens is 260 g/mol. The monoisotopic (exact) mass is 268 g/mol. The first-order valence-corrected chi connectivity index (χ1v) is 6.24. The normalized spacial score (nSPS) is 10.2. The predicted molar refractivity (Wildman–Crippen MR) is 67.5 cm³/mol. The number of ether oxygens (including phenoxy) is 1. The fourth-order valence-electron chi connectivity index (χ4n) is 1.13. The van der Waals surface area contributed by atoms with Crippen LogP contribution in [-0.2, 0) is 0 Å². The molecule has 2 aromatic rings. The van der Waals surface area contributed by atoms with Gasteiger partial charge in [-0.3, -0.25) is 4.98 Å². The maximum atomic E-state index is 5.80. The number of anilines is 1. The molecule has 0 aliphatic carbocycles. The van der Waals surface area contributed by atoms with Crippen LogP contribution in [-0.4, -0.2) is 21.2 Å². The maximum absolute atomic E-state index is 5.80.